The van der Waals surface area contributed by atoms with E-state index in [1.807, 2.05) is 41.8 Å². The van der Waals surface area contributed by atoms with Crippen molar-refractivity contribution in [2.45, 2.75) is 13.0 Å². The molecule has 1 atom stereocenters. The molecule has 0 N–H and O–H groups in total. The molecule has 3 nitrogen and oxygen atoms in total. The highest BCUT2D eigenvalue weighted by Gasteiger charge is 2.17. The Balaban J connectivity index is 1.94. The van der Waals surface area contributed by atoms with Gasteiger partial charge in [-0.2, -0.15) is 0 Å². The zero-order valence-corrected chi connectivity index (χ0v) is 15.6. The Labute approximate surface area is 161 Å². The minimum Gasteiger partial charge on any atom is -0.309 e. The Morgan fingerprint density at radius 3 is 2.52 bits per heavy atom. The molecule has 134 valence electrons. The lowest BCUT2D eigenvalue weighted by molar-refractivity contribution is 0.610. The molecule has 4 aromatic rings. The van der Waals surface area contributed by atoms with Gasteiger partial charge in [0.2, 0.25) is 0 Å². The van der Waals surface area contributed by atoms with Crippen LogP contribution in [0.1, 0.15) is 18.5 Å². The molecule has 0 fully saturated rings. The Bertz CT molecular complexity index is 1100. The van der Waals surface area contributed by atoms with Gasteiger partial charge in [0.15, 0.2) is 4.80 Å². The first-order valence-electron chi connectivity index (χ1n) is 8.68. The zero-order chi connectivity index (χ0) is 18.6. The molecule has 0 aliphatic rings. The fraction of sp³-hybridized carbons (Fsp3) is 0.0909. The lowest BCUT2D eigenvalue weighted by Crippen LogP contribution is -2.21. The summed E-state index contributed by atoms with van der Waals surface area (Å²) in [5, 5.41) is 1.97. The highest BCUT2D eigenvalue weighted by Crippen LogP contribution is 2.28. The van der Waals surface area contributed by atoms with Crippen LogP contribution in [0, 0.1) is 5.82 Å². The van der Waals surface area contributed by atoms with Crippen molar-refractivity contribution in [2.24, 2.45) is 4.99 Å². The molecule has 0 spiro atoms. The predicted octanol–water partition coefficient (Wildman–Crippen LogP) is 5.59. The van der Waals surface area contributed by atoms with Gasteiger partial charge in [0.05, 0.1) is 23.6 Å². The van der Waals surface area contributed by atoms with Crippen molar-refractivity contribution in [1.29, 1.82) is 0 Å². The van der Waals surface area contributed by atoms with E-state index in [1.165, 1.54) is 17.4 Å². The maximum Gasteiger partial charge on any atom is 0.191 e. The third-order valence-electron chi connectivity index (χ3n) is 4.43. The average Bonchev–Trinajstić information content (AvgIpc) is 3.12. The smallest absolute Gasteiger partial charge is 0.191 e. The van der Waals surface area contributed by atoms with Gasteiger partial charge in [0.25, 0.3) is 0 Å². The maximum absolute atomic E-state index is 14.5. The van der Waals surface area contributed by atoms with E-state index >= 15 is 0 Å². The molecule has 27 heavy (non-hydrogen) atoms. The van der Waals surface area contributed by atoms with E-state index in [0.717, 1.165) is 21.7 Å². The largest absolute Gasteiger partial charge is 0.309 e. The zero-order valence-electron chi connectivity index (χ0n) is 14.8. The van der Waals surface area contributed by atoms with Crippen molar-refractivity contribution in [3.63, 3.8) is 0 Å². The number of pyridine rings is 1. The predicted molar refractivity (Wildman–Crippen MR) is 107 cm³/mol. The maximum atomic E-state index is 14.5. The molecule has 1 unspecified atom stereocenters. The fourth-order valence-electron chi connectivity index (χ4n) is 3.05. The molecule has 2 aromatic heterocycles. The second kappa shape index (κ2) is 7.68. The number of aromatic nitrogens is 2. The topological polar surface area (TPSA) is 30.2 Å². The number of thiazole rings is 1. The molecule has 0 radical (unpaired) electrons. The van der Waals surface area contributed by atoms with Crippen molar-refractivity contribution < 1.29 is 4.39 Å². The van der Waals surface area contributed by atoms with Crippen molar-refractivity contribution in [2.75, 3.05) is 0 Å². The van der Waals surface area contributed by atoms with Crippen LogP contribution in [0.3, 0.4) is 0 Å². The summed E-state index contributed by atoms with van der Waals surface area (Å²) in [5.41, 5.74) is 3.30. The van der Waals surface area contributed by atoms with Crippen molar-refractivity contribution in [3.8, 4) is 11.3 Å². The summed E-state index contributed by atoms with van der Waals surface area (Å²) in [7, 11) is 0. The molecule has 2 heterocycles. The summed E-state index contributed by atoms with van der Waals surface area (Å²) in [6.45, 7) is 2.11. The Hall–Kier alpha value is -3.05. The summed E-state index contributed by atoms with van der Waals surface area (Å²) in [4.78, 5) is 9.70. The summed E-state index contributed by atoms with van der Waals surface area (Å²) < 4.78 is 16.6. The quantitative estimate of drug-likeness (QED) is 0.457. The SMILES string of the molecule is CC(c1ccccc1)n1c(-c2ccccc2F)csc1=Nc1cccnc1. The van der Waals surface area contributed by atoms with Crippen molar-refractivity contribution in [3.05, 3.63) is 101 Å². The number of hydrogen-bond acceptors (Lipinski definition) is 3. The Morgan fingerprint density at radius 2 is 1.78 bits per heavy atom. The standard InChI is InChI=1S/C22H18FN3S/c1-16(17-8-3-2-4-9-17)26-21(19-11-5-6-12-20(19)23)15-27-22(26)25-18-10-7-13-24-14-18/h2-16H,1H3. The molecule has 0 saturated carbocycles. The molecule has 0 amide bonds. The van der Waals surface area contributed by atoms with Crippen LogP contribution in [0.2, 0.25) is 0 Å². The molecule has 0 aliphatic heterocycles. The average molecular weight is 375 g/mol. The highest BCUT2D eigenvalue weighted by atomic mass is 32.1. The van der Waals surface area contributed by atoms with Crippen LogP contribution in [0.5, 0.6) is 0 Å². The van der Waals surface area contributed by atoms with Gasteiger partial charge < -0.3 is 4.57 Å². The molecule has 0 bridgehead atoms. The van der Waals surface area contributed by atoms with Crippen LogP contribution in [0.25, 0.3) is 11.3 Å². The van der Waals surface area contributed by atoms with E-state index in [0.29, 0.717) is 5.56 Å². The van der Waals surface area contributed by atoms with Gasteiger partial charge >= 0.3 is 0 Å². The second-order valence-corrected chi connectivity index (χ2v) is 7.00. The molecule has 2 aromatic carbocycles. The number of benzene rings is 2. The van der Waals surface area contributed by atoms with Crippen molar-refractivity contribution in [1.82, 2.24) is 9.55 Å². The monoisotopic (exact) mass is 375 g/mol. The summed E-state index contributed by atoms with van der Waals surface area (Å²) in [5.74, 6) is -0.239. The van der Waals surface area contributed by atoms with Crippen LogP contribution in [0.4, 0.5) is 10.1 Å². The molecular formula is C22H18FN3S. The first-order chi connectivity index (χ1) is 13.2. The van der Waals surface area contributed by atoms with Gasteiger partial charge in [-0.15, -0.1) is 11.3 Å². The van der Waals surface area contributed by atoms with Gasteiger partial charge in [-0.25, -0.2) is 9.38 Å². The third kappa shape index (κ3) is 3.59. The number of halogens is 1. The first kappa shape index (κ1) is 17.4. The summed E-state index contributed by atoms with van der Waals surface area (Å²) >= 11 is 1.50. The van der Waals surface area contributed by atoms with E-state index in [1.54, 1.807) is 24.5 Å². The highest BCUT2D eigenvalue weighted by molar-refractivity contribution is 7.07. The van der Waals surface area contributed by atoms with Crippen LogP contribution in [-0.4, -0.2) is 9.55 Å². The summed E-state index contributed by atoms with van der Waals surface area (Å²) in [6, 6.07) is 20.8. The van der Waals surface area contributed by atoms with Crippen LogP contribution in [-0.2, 0) is 0 Å². The van der Waals surface area contributed by atoms with E-state index in [4.69, 9.17) is 4.99 Å². The molecule has 5 heteroatoms. The minimum absolute atomic E-state index is 0.00229. The third-order valence-corrected chi connectivity index (χ3v) is 5.27. The lowest BCUT2D eigenvalue weighted by atomic mass is 10.1. The van der Waals surface area contributed by atoms with Crippen LogP contribution >= 0.6 is 11.3 Å². The Morgan fingerprint density at radius 1 is 1.00 bits per heavy atom. The second-order valence-electron chi connectivity index (χ2n) is 6.16. The van der Waals surface area contributed by atoms with E-state index in [2.05, 4.69) is 28.6 Å². The minimum atomic E-state index is -0.239. The van der Waals surface area contributed by atoms with Crippen LogP contribution < -0.4 is 4.80 Å². The lowest BCUT2D eigenvalue weighted by Gasteiger charge is -2.18. The number of hydrogen-bond donors (Lipinski definition) is 0. The first-order valence-corrected chi connectivity index (χ1v) is 9.56. The fourth-order valence-corrected chi connectivity index (χ4v) is 4.04. The van der Waals surface area contributed by atoms with E-state index in [-0.39, 0.29) is 11.9 Å². The van der Waals surface area contributed by atoms with Gasteiger partial charge in [-0.3, -0.25) is 4.98 Å². The molecule has 0 aliphatic carbocycles. The van der Waals surface area contributed by atoms with Gasteiger partial charge in [-0.05, 0) is 36.8 Å². The normalized spacial score (nSPS) is 12.9. The van der Waals surface area contributed by atoms with Crippen LogP contribution in [0.15, 0.2) is 89.5 Å². The molecular weight excluding hydrogens is 357 g/mol. The number of rotatable bonds is 4. The summed E-state index contributed by atoms with van der Waals surface area (Å²) in [6.07, 6.45) is 3.44. The van der Waals surface area contributed by atoms with Gasteiger partial charge in [-0.1, -0.05) is 42.5 Å². The van der Waals surface area contributed by atoms with Gasteiger partial charge in [0.1, 0.15) is 5.82 Å². The van der Waals surface area contributed by atoms with E-state index in [9.17, 15) is 4.39 Å². The van der Waals surface area contributed by atoms with Gasteiger partial charge in [0, 0.05) is 17.1 Å². The Kier molecular flexibility index (Phi) is 4.94. The van der Waals surface area contributed by atoms with E-state index < -0.39 is 0 Å². The van der Waals surface area contributed by atoms with Crippen molar-refractivity contribution >= 4 is 17.0 Å². The number of nitrogens with zero attached hydrogens (tertiary/aromatic N) is 3. The molecule has 0 saturated heterocycles. The molecule has 4 rings (SSSR count).